The van der Waals surface area contributed by atoms with Gasteiger partial charge in [0.25, 0.3) is 0 Å². The van der Waals surface area contributed by atoms with Gasteiger partial charge in [0.15, 0.2) is 0 Å². The summed E-state index contributed by atoms with van der Waals surface area (Å²) < 4.78 is 26.5. The van der Waals surface area contributed by atoms with E-state index in [0.717, 1.165) is 37.8 Å². The lowest BCUT2D eigenvalue weighted by Gasteiger charge is -2.06. The van der Waals surface area contributed by atoms with Gasteiger partial charge in [0.2, 0.25) is 10.0 Å². The highest BCUT2D eigenvalue weighted by molar-refractivity contribution is 7.89. The number of rotatable bonds is 10. The van der Waals surface area contributed by atoms with Crippen LogP contribution in [0.5, 0.6) is 0 Å². The van der Waals surface area contributed by atoms with Gasteiger partial charge in [-0.1, -0.05) is 32.6 Å². The van der Waals surface area contributed by atoms with E-state index in [9.17, 15) is 28.6 Å². The van der Waals surface area contributed by atoms with E-state index in [1.165, 1.54) is 0 Å². The lowest BCUT2D eigenvalue weighted by Crippen LogP contribution is -2.24. The molecule has 9 nitrogen and oxygen atoms in total. The molecule has 23 heavy (non-hydrogen) atoms. The van der Waals surface area contributed by atoms with Gasteiger partial charge in [-0.05, 0) is 12.5 Å². The van der Waals surface area contributed by atoms with Gasteiger partial charge in [-0.3, -0.25) is 20.2 Å². The summed E-state index contributed by atoms with van der Waals surface area (Å²) in [5.41, 5.74) is -1.59. The topological polar surface area (TPSA) is 132 Å². The maximum Gasteiger partial charge on any atom is 0.347 e. The van der Waals surface area contributed by atoms with Gasteiger partial charge in [0, 0.05) is 18.7 Å². The number of nitrogens with zero attached hydrogens (tertiary/aromatic N) is 2. The van der Waals surface area contributed by atoms with Gasteiger partial charge in [-0.15, -0.1) is 0 Å². The van der Waals surface area contributed by atoms with Crippen molar-refractivity contribution in [3.8, 4) is 0 Å². The van der Waals surface area contributed by atoms with Crippen molar-refractivity contribution in [3.05, 3.63) is 38.4 Å². The molecule has 0 aromatic heterocycles. The Morgan fingerprint density at radius 1 is 1.00 bits per heavy atom. The van der Waals surface area contributed by atoms with Crippen LogP contribution in [0.4, 0.5) is 11.4 Å². The van der Waals surface area contributed by atoms with E-state index in [1.54, 1.807) is 0 Å². The van der Waals surface area contributed by atoms with Gasteiger partial charge >= 0.3 is 11.4 Å². The first kappa shape index (κ1) is 19.0. The maximum absolute atomic E-state index is 12.1. The highest BCUT2D eigenvalue weighted by Crippen LogP contribution is 2.29. The van der Waals surface area contributed by atoms with Crippen molar-refractivity contribution in [3.63, 3.8) is 0 Å². The number of sulfonamides is 1. The zero-order valence-electron chi connectivity index (χ0n) is 12.7. The monoisotopic (exact) mass is 345 g/mol. The van der Waals surface area contributed by atoms with Gasteiger partial charge in [-0.2, -0.15) is 0 Å². The lowest BCUT2D eigenvalue weighted by atomic mass is 10.2. The minimum Gasteiger partial charge on any atom is -0.258 e. The smallest absolute Gasteiger partial charge is 0.258 e. The molecule has 0 radical (unpaired) electrons. The summed E-state index contributed by atoms with van der Waals surface area (Å²) in [6.45, 7) is 2.29. The number of benzene rings is 1. The van der Waals surface area contributed by atoms with E-state index in [1.807, 2.05) is 0 Å². The van der Waals surface area contributed by atoms with Crippen LogP contribution < -0.4 is 4.72 Å². The van der Waals surface area contributed by atoms with E-state index in [4.69, 9.17) is 0 Å². The third-order valence-corrected chi connectivity index (χ3v) is 4.68. The van der Waals surface area contributed by atoms with Crippen molar-refractivity contribution < 1.29 is 18.3 Å². The first-order chi connectivity index (χ1) is 10.8. The van der Waals surface area contributed by atoms with Crippen molar-refractivity contribution in [1.29, 1.82) is 0 Å². The van der Waals surface area contributed by atoms with Crippen molar-refractivity contribution in [2.45, 2.75) is 43.9 Å². The zero-order chi connectivity index (χ0) is 17.5. The molecule has 0 heterocycles. The molecule has 0 bridgehead atoms. The summed E-state index contributed by atoms with van der Waals surface area (Å²) >= 11 is 0. The fourth-order valence-electron chi connectivity index (χ4n) is 1.99. The molecule has 1 N–H and O–H groups in total. The zero-order valence-corrected chi connectivity index (χ0v) is 13.5. The minimum absolute atomic E-state index is 0.219. The Balaban J connectivity index is 2.82. The van der Waals surface area contributed by atoms with Gasteiger partial charge in [0.1, 0.15) is 0 Å². The largest absolute Gasteiger partial charge is 0.347 e. The van der Waals surface area contributed by atoms with Gasteiger partial charge < -0.3 is 0 Å². The number of hydrogen-bond acceptors (Lipinski definition) is 6. The fraction of sp³-hybridized carbons (Fsp3) is 0.538. The van der Waals surface area contributed by atoms with Crippen molar-refractivity contribution >= 4 is 21.4 Å². The molecule has 128 valence electrons. The summed E-state index contributed by atoms with van der Waals surface area (Å²) in [6.07, 6.45) is 4.73. The highest BCUT2D eigenvalue weighted by Gasteiger charge is 2.27. The van der Waals surface area contributed by atoms with E-state index in [2.05, 4.69) is 11.6 Å². The number of hydrogen-bond donors (Lipinski definition) is 1. The fourth-order valence-corrected chi connectivity index (χ4v) is 3.08. The Morgan fingerprint density at radius 2 is 1.61 bits per heavy atom. The molecule has 0 spiro atoms. The molecule has 0 fully saturated rings. The van der Waals surface area contributed by atoms with Crippen molar-refractivity contribution in [1.82, 2.24) is 4.72 Å². The van der Waals surface area contributed by atoms with Crippen LogP contribution in [0.25, 0.3) is 0 Å². The average molecular weight is 345 g/mol. The first-order valence-electron chi connectivity index (χ1n) is 7.22. The van der Waals surface area contributed by atoms with E-state index in [-0.39, 0.29) is 11.4 Å². The van der Waals surface area contributed by atoms with E-state index < -0.39 is 31.2 Å². The van der Waals surface area contributed by atoms with Crippen LogP contribution in [-0.2, 0) is 10.0 Å². The van der Waals surface area contributed by atoms with Crippen LogP contribution in [0.2, 0.25) is 0 Å². The summed E-state index contributed by atoms with van der Waals surface area (Å²) in [5.74, 6) is 0. The highest BCUT2D eigenvalue weighted by atomic mass is 32.2. The predicted octanol–water partition coefficient (Wildman–Crippen LogP) is 2.75. The molecule has 0 atom stereocenters. The number of nitrogens with one attached hydrogen (secondary N) is 1. The van der Waals surface area contributed by atoms with E-state index >= 15 is 0 Å². The molecule has 1 aromatic carbocycles. The second kappa shape index (κ2) is 8.53. The molecule has 10 heteroatoms. The molecule has 0 aliphatic heterocycles. The molecule has 1 aromatic rings. The van der Waals surface area contributed by atoms with Crippen LogP contribution in [0.1, 0.15) is 39.0 Å². The summed E-state index contributed by atoms with van der Waals surface area (Å²) in [6, 6.07) is 2.52. The molecule has 0 aliphatic rings. The molecule has 0 unspecified atom stereocenters. The predicted molar refractivity (Wildman–Crippen MR) is 83.7 cm³/mol. The molecule has 0 aliphatic carbocycles. The normalized spacial score (nSPS) is 11.3. The quantitative estimate of drug-likeness (QED) is 0.394. The maximum atomic E-state index is 12.1. The molecule has 1 rings (SSSR count). The summed E-state index contributed by atoms with van der Waals surface area (Å²) in [7, 11) is -3.93. The summed E-state index contributed by atoms with van der Waals surface area (Å²) in [4.78, 5) is 19.3. The van der Waals surface area contributed by atoms with Crippen molar-refractivity contribution in [2.24, 2.45) is 0 Å². The standard InChI is InChI=1S/C13H19N3O6S/c1-2-3-4-5-6-9-14-23(21,22)11-7-8-12(15(17)18)13(10-11)16(19)20/h7-8,10,14H,2-6,9H2,1H3. The Morgan fingerprint density at radius 3 is 2.17 bits per heavy atom. The average Bonchev–Trinajstić information content (AvgIpc) is 2.50. The van der Waals surface area contributed by atoms with Gasteiger partial charge in [-0.25, -0.2) is 13.1 Å². The molecule has 0 amide bonds. The Hall–Kier alpha value is -2.07. The third-order valence-electron chi connectivity index (χ3n) is 3.22. The van der Waals surface area contributed by atoms with Crippen LogP contribution >= 0.6 is 0 Å². The second-order valence-electron chi connectivity index (χ2n) is 4.98. The summed E-state index contributed by atoms with van der Waals surface area (Å²) in [5, 5.41) is 21.6. The molecular formula is C13H19N3O6S. The Labute approximate surface area is 134 Å². The Bertz CT molecular complexity index is 674. The molecular weight excluding hydrogens is 326 g/mol. The van der Waals surface area contributed by atoms with Crippen LogP contribution in [0, 0.1) is 20.2 Å². The minimum atomic E-state index is -3.93. The van der Waals surface area contributed by atoms with Crippen LogP contribution in [0.15, 0.2) is 23.1 Å². The first-order valence-corrected chi connectivity index (χ1v) is 8.70. The SMILES string of the molecule is CCCCCCCNS(=O)(=O)c1ccc([N+](=O)[O-])c([N+](=O)[O-])c1. The number of unbranched alkanes of at least 4 members (excludes halogenated alkanes) is 4. The van der Waals surface area contributed by atoms with Crippen LogP contribution in [-0.4, -0.2) is 24.8 Å². The number of nitro groups is 2. The second-order valence-corrected chi connectivity index (χ2v) is 6.74. The Kier molecular flexibility index (Phi) is 7.04. The number of nitro benzene ring substituents is 2. The van der Waals surface area contributed by atoms with Gasteiger partial charge in [0.05, 0.1) is 14.7 Å². The van der Waals surface area contributed by atoms with Crippen molar-refractivity contribution in [2.75, 3.05) is 6.54 Å². The molecule has 0 saturated carbocycles. The van der Waals surface area contributed by atoms with Crippen LogP contribution in [0.3, 0.4) is 0 Å². The third kappa shape index (κ3) is 5.57. The molecule has 0 saturated heterocycles. The lowest BCUT2D eigenvalue weighted by molar-refractivity contribution is -0.422. The van der Waals surface area contributed by atoms with E-state index in [0.29, 0.717) is 12.5 Å².